The van der Waals surface area contributed by atoms with Crippen LogP contribution in [0.2, 0.25) is 0 Å². The highest BCUT2D eigenvalue weighted by Gasteiger charge is 2.68. The molecule has 0 aromatic heterocycles. The number of fused-ring (bicyclic) bond motifs is 9. The van der Waals surface area contributed by atoms with Crippen molar-refractivity contribution in [2.45, 2.75) is 44.1 Å². The summed E-state index contributed by atoms with van der Waals surface area (Å²) in [5.74, 6) is 4.00. The Bertz CT molecular complexity index is 238. The molecule has 0 aliphatic heterocycles. The van der Waals surface area contributed by atoms with Crippen LogP contribution in [0.4, 0.5) is 0 Å². The minimum atomic E-state index is -0.161. The van der Waals surface area contributed by atoms with Crippen molar-refractivity contribution in [2.75, 3.05) is 0 Å². The fraction of sp³-hybridized carbons (Fsp3) is 1.00. The average molecular weight is 178 g/mol. The van der Waals surface area contributed by atoms with Gasteiger partial charge in [0.05, 0.1) is 5.60 Å². The van der Waals surface area contributed by atoms with Crippen LogP contribution in [0.3, 0.4) is 0 Å². The molecule has 4 fully saturated rings. The van der Waals surface area contributed by atoms with Crippen molar-refractivity contribution < 1.29 is 5.11 Å². The molecule has 4 bridgehead atoms. The standard InChI is InChI=1S/C12H18O/c13-12-9-3-1-7(5-9)11(12)8-2-4-10(12)6-8/h7-11,13H,1-6H2/t7-,8-,9-,10+,11?,12?/m1/s1. The number of hydrogen-bond acceptors (Lipinski definition) is 1. The quantitative estimate of drug-likeness (QED) is 0.564. The van der Waals surface area contributed by atoms with Crippen LogP contribution < -0.4 is 0 Å². The molecule has 0 spiro atoms. The van der Waals surface area contributed by atoms with Crippen LogP contribution in [0.15, 0.2) is 0 Å². The van der Waals surface area contributed by atoms with Gasteiger partial charge >= 0.3 is 0 Å². The first-order valence-electron chi connectivity index (χ1n) is 6.02. The van der Waals surface area contributed by atoms with Gasteiger partial charge in [-0.05, 0) is 68.1 Å². The van der Waals surface area contributed by atoms with Gasteiger partial charge in [0.1, 0.15) is 0 Å². The van der Waals surface area contributed by atoms with Gasteiger partial charge < -0.3 is 5.11 Å². The van der Waals surface area contributed by atoms with Crippen LogP contribution in [0.5, 0.6) is 0 Å². The van der Waals surface area contributed by atoms with E-state index in [1.54, 1.807) is 0 Å². The monoisotopic (exact) mass is 178 g/mol. The second kappa shape index (κ2) is 1.98. The molecule has 0 amide bonds. The summed E-state index contributed by atoms with van der Waals surface area (Å²) in [7, 11) is 0. The predicted octanol–water partition coefficient (Wildman–Crippen LogP) is 2.19. The first kappa shape index (κ1) is 7.28. The fourth-order valence-corrected chi connectivity index (χ4v) is 5.54. The molecule has 0 heterocycles. The summed E-state index contributed by atoms with van der Waals surface area (Å²) in [5, 5.41) is 10.8. The van der Waals surface area contributed by atoms with Gasteiger partial charge in [-0.15, -0.1) is 0 Å². The summed E-state index contributed by atoms with van der Waals surface area (Å²) in [6.45, 7) is 0. The number of aliphatic hydroxyl groups is 1. The van der Waals surface area contributed by atoms with Crippen molar-refractivity contribution in [1.29, 1.82) is 0 Å². The van der Waals surface area contributed by atoms with Gasteiger partial charge in [0, 0.05) is 0 Å². The second-order valence-electron chi connectivity index (χ2n) is 5.95. The Hall–Kier alpha value is -0.0400. The third kappa shape index (κ3) is 0.614. The first-order valence-corrected chi connectivity index (χ1v) is 6.02. The summed E-state index contributed by atoms with van der Waals surface area (Å²) in [5.41, 5.74) is -0.161. The molecule has 0 aromatic carbocycles. The van der Waals surface area contributed by atoms with Crippen LogP contribution >= 0.6 is 0 Å². The Labute approximate surface area is 79.5 Å². The molecular weight excluding hydrogens is 160 g/mol. The van der Waals surface area contributed by atoms with E-state index in [2.05, 4.69) is 0 Å². The maximum Gasteiger partial charge on any atom is 0.0737 e. The van der Waals surface area contributed by atoms with Gasteiger partial charge in [-0.3, -0.25) is 0 Å². The zero-order valence-electron chi connectivity index (χ0n) is 8.08. The van der Waals surface area contributed by atoms with E-state index in [9.17, 15) is 5.11 Å². The maximum atomic E-state index is 10.8. The molecule has 0 saturated heterocycles. The zero-order valence-corrected chi connectivity index (χ0v) is 8.08. The van der Waals surface area contributed by atoms with Crippen molar-refractivity contribution in [2.24, 2.45) is 29.6 Å². The highest BCUT2D eigenvalue weighted by atomic mass is 16.3. The molecular formula is C12H18O. The highest BCUT2D eigenvalue weighted by Crippen LogP contribution is 2.69. The van der Waals surface area contributed by atoms with E-state index in [1.165, 1.54) is 38.5 Å². The van der Waals surface area contributed by atoms with Gasteiger partial charge in [0.25, 0.3) is 0 Å². The molecule has 4 rings (SSSR count). The lowest BCUT2D eigenvalue weighted by atomic mass is 9.67. The minimum Gasteiger partial charge on any atom is -0.389 e. The van der Waals surface area contributed by atoms with E-state index in [4.69, 9.17) is 0 Å². The van der Waals surface area contributed by atoms with Crippen LogP contribution in [0.25, 0.3) is 0 Å². The van der Waals surface area contributed by atoms with Gasteiger partial charge in [-0.1, -0.05) is 0 Å². The van der Waals surface area contributed by atoms with Gasteiger partial charge in [-0.25, -0.2) is 0 Å². The van der Waals surface area contributed by atoms with E-state index in [-0.39, 0.29) is 5.60 Å². The fourth-order valence-electron chi connectivity index (χ4n) is 5.54. The maximum absolute atomic E-state index is 10.8. The molecule has 13 heavy (non-hydrogen) atoms. The highest BCUT2D eigenvalue weighted by molar-refractivity contribution is 5.18. The number of rotatable bonds is 0. The Balaban J connectivity index is 1.84. The van der Waals surface area contributed by atoms with Crippen LogP contribution in [-0.2, 0) is 0 Å². The lowest BCUT2D eigenvalue weighted by molar-refractivity contribution is -0.0959. The molecule has 0 radical (unpaired) electrons. The lowest BCUT2D eigenvalue weighted by Crippen LogP contribution is -2.47. The molecule has 4 aliphatic carbocycles. The lowest BCUT2D eigenvalue weighted by Gasteiger charge is -2.43. The summed E-state index contributed by atoms with van der Waals surface area (Å²) in [6.07, 6.45) is 8.27. The van der Waals surface area contributed by atoms with E-state index >= 15 is 0 Å². The molecule has 4 aliphatic rings. The second-order valence-corrected chi connectivity index (χ2v) is 5.95. The Morgan fingerprint density at radius 2 is 1.38 bits per heavy atom. The van der Waals surface area contributed by atoms with Gasteiger partial charge in [0.15, 0.2) is 0 Å². The minimum absolute atomic E-state index is 0.161. The van der Waals surface area contributed by atoms with Crippen LogP contribution in [0, 0.1) is 29.6 Å². The predicted molar refractivity (Wildman–Crippen MR) is 50.1 cm³/mol. The molecule has 6 atom stereocenters. The molecule has 4 saturated carbocycles. The molecule has 1 nitrogen and oxygen atoms in total. The van der Waals surface area contributed by atoms with Crippen LogP contribution in [0.1, 0.15) is 38.5 Å². The third-order valence-electron chi connectivity index (χ3n) is 5.80. The molecule has 1 N–H and O–H groups in total. The van der Waals surface area contributed by atoms with Crippen molar-refractivity contribution >= 4 is 0 Å². The number of hydrogen-bond donors (Lipinski definition) is 1. The average Bonchev–Trinajstić information content (AvgIpc) is 2.79. The van der Waals surface area contributed by atoms with E-state index in [1.807, 2.05) is 0 Å². The summed E-state index contributed by atoms with van der Waals surface area (Å²) < 4.78 is 0. The molecule has 0 aromatic rings. The van der Waals surface area contributed by atoms with Gasteiger partial charge in [0.2, 0.25) is 0 Å². The first-order chi connectivity index (χ1) is 6.30. The summed E-state index contributed by atoms with van der Waals surface area (Å²) >= 11 is 0. The molecule has 2 unspecified atom stereocenters. The van der Waals surface area contributed by atoms with Crippen molar-refractivity contribution in [1.82, 2.24) is 0 Å². The topological polar surface area (TPSA) is 20.2 Å². The normalized spacial score (nSPS) is 67.6. The SMILES string of the molecule is OC12C([C@@H]3CC[C@@H]1C3)[C@@H]1CC[C@H]2C1. The summed E-state index contributed by atoms with van der Waals surface area (Å²) in [4.78, 5) is 0. The smallest absolute Gasteiger partial charge is 0.0737 e. The summed E-state index contributed by atoms with van der Waals surface area (Å²) in [6, 6.07) is 0. The molecule has 72 valence electrons. The Morgan fingerprint density at radius 3 is 1.85 bits per heavy atom. The van der Waals surface area contributed by atoms with E-state index < -0.39 is 0 Å². The van der Waals surface area contributed by atoms with E-state index in [0.717, 1.165) is 17.8 Å². The van der Waals surface area contributed by atoms with E-state index in [0.29, 0.717) is 11.8 Å². The molecule has 1 heteroatoms. The Kier molecular flexibility index (Phi) is 1.11. The largest absolute Gasteiger partial charge is 0.389 e. The van der Waals surface area contributed by atoms with Crippen LogP contribution in [-0.4, -0.2) is 10.7 Å². The third-order valence-corrected chi connectivity index (χ3v) is 5.80. The van der Waals surface area contributed by atoms with Crippen molar-refractivity contribution in [3.8, 4) is 0 Å². The van der Waals surface area contributed by atoms with Crippen molar-refractivity contribution in [3.63, 3.8) is 0 Å². The van der Waals surface area contributed by atoms with Crippen molar-refractivity contribution in [3.05, 3.63) is 0 Å². The Morgan fingerprint density at radius 1 is 0.846 bits per heavy atom. The zero-order chi connectivity index (χ0) is 8.63. The van der Waals surface area contributed by atoms with Gasteiger partial charge in [-0.2, -0.15) is 0 Å².